The van der Waals surface area contributed by atoms with Crippen LogP contribution >= 0.6 is 0 Å². The van der Waals surface area contributed by atoms with Gasteiger partial charge in [0.05, 0.1) is 0 Å². The van der Waals surface area contributed by atoms with Gasteiger partial charge in [-0.25, -0.2) is 8.78 Å². The number of alkyl halides is 2. The first kappa shape index (κ1) is 11.0. The third-order valence-corrected chi connectivity index (χ3v) is 1.74. The summed E-state index contributed by atoms with van der Waals surface area (Å²) in [6.07, 6.45) is -2.65. The third kappa shape index (κ3) is 2.25. The molecular weight excluding hydrogens is 192 g/mol. The Hall–Kier alpha value is -1.04. The van der Waals surface area contributed by atoms with Crippen LogP contribution in [0, 0.1) is 5.92 Å². The van der Waals surface area contributed by atoms with Crippen LogP contribution in [-0.2, 0) is 13.2 Å². The van der Waals surface area contributed by atoms with E-state index in [9.17, 15) is 8.78 Å². The van der Waals surface area contributed by atoms with Crippen LogP contribution in [0.25, 0.3) is 0 Å². The summed E-state index contributed by atoms with van der Waals surface area (Å²) >= 11 is 0. The number of halogens is 2. The summed E-state index contributed by atoms with van der Waals surface area (Å²) < 4.78 is 26.1. The van der Waals surface area contributed by atoms with E-state index < -0.39 is 6.43 Å². The molecular formula is C8H13F2N3O. The maximum Gasteiger partial charge on any atom is 0.297 e. The van der Waals surface area contributed by atoms with Crippen molar-refractivity contribution in [1.82, 2.24) is 14.8 Å². The maximum absolute atomic E-state index is 12.4. The molecule has 0 fully saturated rings. The largest absolute Gasteiger partial charge is 0.388 e. The number of nitrogens with zero attached hydrogens (tertiary/aromatic N) is 3. The van der Waals surface area contributed by atoms with Crippen LogP contribution < -0.4 is 0 Å². The van der Waals surface area contributed by atoms with Gasteiger partial charge in [0.2, 0.25) is 0 Å². The Morgan fingerprint density at radius 3 is 2.43 bits per heavy atom. The van der Waals surface area contributed by atoms with E-state index in [1.54, 1.807) is 0 Å². The average Bonchev–Trinajstić information content (AvgIpc) is 2.46. The summed E-state index contributed by atoms with van der Waals surface area (Å²) in [6.45, 7) is 3.82. The molecule has 1 heterocycles. The highest BCUT2D eigenvalue weighted by Gasteiger charge is 2.19. The summed E-state index contributed by atoms with van der Waals surface area (Å²) in [7, 11) is 0. The lowest BCUT2D eigenvalue weighted by Crippen LogP contribution is -2.12. The molecule has 0 aliphatic carbocycles. The molecule has 0 saturated heterocycles. The fourth-order valence-electron chi connectivity index (χ4n) is 1.19. The molecule has 1 N–H and O–H groups in total. The summed E-state index contributed by atoms with van der Waals surface area (Å²) in [6, 6.07) is 0. The third-order valence-electron chi connectivity index (χ3n) is 1.74. The molecule has 0 atom stereocenters. The Bertz CT molecular complexity index is 299. The lowest BCUT2D eigenvalue weighted by molar-refractivity contribution is 0.132. The second-order valence-electron chi connectivity index (χ2n) is 3.44. The minimum absolute atomic E-state index is 0.189. The van der Waals surface area contributed by atoms with Crippen molar-refractivity contribution < 1.29 is 13.9 Å². The van der Waals surface area contributed by atoms with Crippen molar-refractivity contribution in [3.63, 3.8) is 0 Å². The number of rotatable bonds is 4. The number of aliphatic hydroxyl groups excluding tert-OH is 1. The van der Waals surface area contributed by atoms with E-state index in [4.69, 9.17) is 5.11 Å². The van der Waals surface area contributed by atoms with Gasteiger partial charge in [0, 0.05) is 6.54 Å². The fraction of sp³-hybridized carbons (Fsp3) is 0.750. The highest BCUT2D eigenvalue weighted by atomic mass is 19.3. The smallest absolute Gasteiger partial charge is 0.297 e. The van der Waals surface area contributed by atoms with Gasteiger partial charge in [-0.05, 0) is 5.92 Å². The van der Waals surface area contributed by atoms with Crippen molar-refractivity contribution in [2.45, 2.75) is 33.4 Å². The first-order valence-corrected chi connectivity index (χ1v) is 4.37. The van der Waals surface area contributed by atoms with Crippen molar-refractivity contribution in [3.8, 4) is 0 Å². The van der Waals surface area contributed by atoms with E-state index in [-0.39, 0.29) is 24.2 Å². The molecule has 1 aromatic rings. The molecule has 1 aromatic heterocycles. The molecule has 0 unspecified atom stereocenters. The summed E-state index contributed by atoms with van der Waals surface area (Å²) in [5.74, 6) is 0.0190. The van der Waals surface area contributed by atoms with Crippen LogP contribution in [0.5, 0.6) is 0 Å². The topological polar surface area (TPSA) is 50.9 Å². The number of hydrogen-bond donors (Lipinski definition) is 1. The molecule has 1 rings (SSSR count). The Balaban J connectivity index is 3.00. The van der Waals surface area contributed by atoms with E-state index in [1.165, 1.54) is 4.57 Å². The van der Waals surface area contributed by atoms with Crippen LogP contribution in [0.4, 0.5) is 8.78 Å². The number of aromatic nitrogens is 3. The van der Waals surface area contributed by atoms with Crippen molar-refractivity contribution >= 4 is 0 Å². The van der Waals surface area contributed by atoms with Crippen LogP contribution in [0.15, 0.2) is 0 Å². The highest BCUT2D eigenvalue weighted by Crippen LogP contribution is 2.18. The molecule has 0 bridgehead atoms. The average molecular weight is 205 g/mol. The fourth-order valence-corrected chi connectivity index (χ4v) is 1.19. The van der Waals surface area contributed by atoms with E-state index in [2.05, 4.69) is 10.2 Å². The van der Waals surface area contributed by atoms with Crippen LogP contribution in [0.1, 0.15) is 31.9 Å². The minimum atomic E-state index is -2.65. The maximum atomic E-state index is 12.4. The molecule has 0 aliphatic rings. The van der Waals surface area contributed by atoms with Gasteiger partial charge in [0.25, 0.3) is 6.43 Å². The molecule has 0 radical (unpaired) electrons. The standard InChI is InChI=1S/C8H13F2N3O/c1-5(2)3-13-6(4-14)11-12-8(13)7(9)10/h5,7,14H,3-4H2,1-2H3. The van der Waals surface area contributed by atoms with Gasteiger partial charge < -0.3 is 9.67 Å². The SMILES string of the molecule is CC(C)Cn1c(CO)nnc1C(F)F. The van der Waals surface area contributed by atoms with Gasteiger partial charge in [-0.2, -0.15) is 0 Å². The zero-order chi connectivity index (χ0) is 10.7. The summed E-state index contributed by atoms with van der Waals surface area (Å²) in [5, 5.41) is 15.7. The van der Waals surface area contributed by atoms with Crippen molar-refractivity contribution in [2.24, 2.45) is 5.92 Å². The van der Waals surface area contributed by atoms with Crippen LogP contribution in [0.3, 0.4) is 0 Å². The van der Waals surface area contributed by atoms with Gasteiger partial charge in [-0.1, -0.05) is 13.8 Å². The zero-order valence-electron chi connectivity index (χ0n) is 8.11. The first-order chi connectivity index (χ1) is 6.56. The molecule has 6 heteroatoms. The Morgan fingerprint density at radius 2 is 2.00 bits per heavy atom. The summed E-state index contributed by atoms with van der Waals surface area (Å²) in [5.41, 5.74) is 0. The van der Waals surface area contributed by atoms with Crippen LogP contribution in [0.2, 0.25) is 0 Å². The predicted molar refractivity (Wildman–Crippen MR) is 45.7 cm³/mol. The Kier molecular flexibility index (Phi) is 3.51. The lowest BCUT2D eigenvalue weighted by atomic mass is 10.2. The minimum Gasteiger partial charge on any atom is -0.388 e. The van der Waals surface area contributed by atoms with Crippen molar-refractivity contribution in [1.29, 1.82) is 0 Å². The van der Waals surface area contributed by atoms with E-state index in [0.29, 0.717) is 6.54 Å². The number of aliphatic hydroxyl groups is 1. The predicted octanol–water partition coefficient (Wildman–Crippen LogP) is 1.36. The monoisotopic (exact) mass is 205 g/mol. The molecule has 14 heavy (non-hydrogen) atoms. The lowest BCUT2D eigenvalue weighted by Gasteiger charge is -2.10. The van der Waals surface area contributed by atoms with Gasteiger partial charge >= 0.3 is 0 Å². The Labute approximate surface area is 80.6 Å². The molecule has 0 spiro atoms. The number of hydrogen-bond acceptors (Lipinski definition) is 3. The van der Waals surface area contributed by atoms with Crippen molar-refractivity contribution in [2.75, 3.05) is 0 Å². The normalized spacial score (nSPS) is 11.6. The van der Waals surface area contributed by atoms with Crippen LogP contribution in [-0.4, -0.2) is 19.9 Å². The Morgan fingerprint density at radius 1 is 1.36 bits per heavy atom. The summed E-state index contributed by atoms with van der Waals surface area (Å²) in [4.78, 5) is 0. The first-order valence-electron chi connectivity index (χ1n) is 4.37. The van der Waals surface area contributed by atoms with E-state index in [0.717, 1.165) is 0 Å². The van der Waals surface area contributed by atoms with Gasteiger partial charge in [0.1, 0.15) is 6.61 Å². The van der Waals surface area contributed by atoms with Crippen molar-refractivity contribution in [3.05, 3.63) is 11.6 Å². The van der Waals surface area contributed by atoms with E-state index >= 15 is 0 Å². The molecule has 0 amide bonds. The zero-order valence-corrected chi connectivity index (χ0v) is 8.11. The quantitative estimate of drug-likeness (QED) is 0.807. The van der Waals surface area contributed by atoms with Gasteiger partial charge in [-0.3, -0.25) is 0 Å². The molecule has 4 nitrogen and oxygen atoms in total. The molecule has 0 saturated carbocycles. The van der Waals surface area contributed by atoms with Gasteiger partial charge in [-0.15, -0.1) is 10.2 Å². The second-order valence-corrected chi connectivity index (χ2v) is 3.44. The molecule has 80 valence electrons. The second kappa shape index (κ2) is 4.45. The molecule has 0 aliphatic heterocycles. The highest BCUT2D eigenvalue weighted by molar-refractivity contribution is 4.96. The van der Waals surface area contributed by atoms with E-state index in [1.807, 2.05) is 13.8 Å². The van der Waals surface area contributed by atoms with Gasteiger partial charge in [0.15, 0.2) is 11.6 Å². The molecule has 0 aromatic carbocycles.